The number of aromatic nitrogens is 2. The number of nitrogens with one attached hydrogen (secondary N) is 1. The van der Waals surface area contributed by atoms with Crippen molar-refractivity contribution in [2.75, 3.05) is 19.6 Å². The molecular formula is C14H26N4. The molecule has 0 aromatic carbocycles. The van der Waals surface area contributed by atoms with Crippen molar-refractivity contribution >= 4 is 0 Å². The molecule has 2 heterocycles. The topological polar surface area (TPSA) is 33.1 Å². The first-order chi connectivity index (χ1) is 8.79. The molecule has 0 atom stereocenters. The molecule has 102 valence electrons. The standard InChI is InChI=1S/C14H26N4/c1-3-4-7-18-8-5-13(6-9-18)16-11-14-10-15-12-17(14)2/h10,12-13,16H,3-9,11H2,1-2H3. The lowest BCUT2D eigenvalue weighted by Gasteiger charge is -2.32. The molecule has 1 aliphatic rings. The number of hydrogen-bond donors (Lipinski definition) is 1. The molecular weight excluding hydrogens is 224 g/mol. The zero-order valence-electron chi connectivity index (χ0n) is 11.7. The van der Waals surface area contributed by atoms with E-state index in [0.717, 1.165) is 6.54 Å². The quantitative estimate of drug-likeness (QED) is 0.835. The Bertz CT molecular complexity index is 339. The van der Waals surface area contributed by atoms with Crippen LogP contribution in [0, 0.1) is 0 Å². The van der Waals surface area contributed by atoms with Gasteiger partial charge in [-0.15, -0.1) is 0 Å². The van der Waals surface area contributed by atoms with Gasteiger partial charge >= 0.3 is 0 Å². The van der Waals surface area contributed by atoms with E-state index >= 15 is 0 Å². The number of nitrogens with zero attached hydrogens (tertiary/aromatic N) is 3. The highest BCUT2D eigenvalue weighted by molar-refractivity contribution is 4.97. The van der Waals surface area contributed by atoms with Crippen LogP contribution in [0.25, 0.3) is 0 Å². The Balaban J connectivity index is 1.66. The molecule has 1 aromatic heterocycles. The van der Waals surface area contributed by atoms with Crippen molar-refractivity contribution < 1.29 is 0 Å². The zero-order valence-corrected chi connectivity index (χ0v) is 11.7. The lowest BCUT2D eigenvalue weighted by atomic mass is 10.0. The summed E-state index contributed by atoms with van der Waals surface area (Å²) in [5, 5.41) is 3.65. The molecule has 4 heteroatoms. The van der Waals surface area contributed by atoms with Gasteiger partial charge in [-0.25, -0.2) is 4.98 Å². The maximum absolute atomic E-state index is 4.15. The van der Waals surface area contributed by atoms with Crippen molar-refractivity contribution in [3.8, 4) is 0 Å². The highest BCUT2D eigenvalue weighted by Crippen LogP contribution is 2.11. The van der Waals surface area contributed by atoms with Crippen LogP contribution in [0.1, 0.15) is 38.3 Å². The van der Waals surface area contributed by atoms with Crippen LogP contribution in [0.3, 0.4) is 0 Å². The highest BCUT2D eigenvalue weighted by Gasteiger charge is 2.18. The molecule has 2 rings (SSSR count). The number of unbranched alkanes of at least 4 members (excludes halogenated alkanes) is 1. The van der Waals surface area contributed by atoms with E-state index in [0.29, 0.717) is 6.04 Å². The molecule has 0 unspecified atom stereocenters. The summed E-state index contributed by atoms with van der Waals surface area (Å²) in [4.78, 5) is 6.75. The molecule has 0 amide bonds. The van der Waals surface area contributed by atoms with Crippen LogP contribution in [-0.4, -0.2) is 40.1 Å². The normalized spacial score (nSPS) is 18.3. The second-order valence-electron chi connectivity index (χ2n) is 5.35. The van der Waals surface area contributed by atoms with E-state index in [4.69, 9.17) is 0 Å². The summed E-state index contributed by atoms with van der Waals surface area (Å²) in [6.07, 6.45) is 9.02. The summed E-state index contributed by atoms with van der Waals surface area (Å²) in [6, 6.07) is 0.678. The smallest absolute Gasteiger partial charge is 0.0945 e. The second kappa shape index (κ2) is 6.90. The minimum atomic E-state index is 0.678. The van der Waals surface area contributed by atoms with Crippen LogP contribution in [0.2, 0.25) is 0 Å². The SMILES string of the molecule is CCCCN1CCC(NCc2cncn2C)CC1. The number of piperidine rings is 1. The summed E-state index contributed by atoms with van der Waals surface area (Å²) in [7, 11) is 2.05. The molecule has 1 fully saturated rings. The Labute approximate surface area is 110 Å². The van der Waals surface area contributed by atoms with Gasteiger partial charge in [-0.1, -0.05) is 13.3 Å². The van der Waals surface area contributed by atoms with Gasteiger partial charge in [0.1, 0.15) is 0 Å². The predicted octanol–water partition coefficient (Wildman–Crippen LogP) is 1.77. The third-order valence-electron chi connectivity index (χ3n) is 3.90. The van der Waals surface area contributed by atoms with Gasteiger partial charge in [0.25, 0.3) is 0 Å². The highest BCUT2D eigenvalue weighted by atomic mass is 15.1. The van der Waals surface area contributed by atoms with Crippen molar-refractivity contribution in [1.82, 2.24) is 19.8 Å². The number of hydrogen-bond acceptors (Lipinski definition) is 3. The number of imidazole rings is 1. The molecule has 1 aliphatic heterocycles. The maximum Gasteiger partial charge on any atom is 0.0945 e. The van der Waals surface area contributed by atoms with Crippen molar-refractivity contribution in [3.05, 3.63) is 18.2 Å². The van der Waals surface area contributed by atoms with Gasteiger partial charge in [0.05, 0.1) is 12.0 Å². The predicted molar refractivity (Wildman–Crippen MR) is 74.4 cm³/mol. The Morgan fingerprint density at radius 3 is 2.78 bits per heavy atom. The minimum Gasteiger partial charge on any atom is -0.337 e. The number of rotatable bonds is 6. The summed E-state index contributed by atoms with van der Waals surface area (Å²) >= 11 is 0. The Kier molecular flexibility index (Phi) is 5.20. The first-order valence-electron chi connectivity index (χ1n) is 7.20. The van der Waals surface area contributed by atoms with Crippen LogP contribution < -0.4 is 5.32 Å². The average molecular weight is 250 g/mol. The molecule has 1 N–H and O–H groups in total. The van der Waals surface area contributed by atoms with E-state index in [2.05, 4.69) is 33.7 Å². The number of aryl methyl sites for hydroxylation is 1. The molecule has 1 saturated heterocycles. The number of likely N-dealkylation sites (tertiary alicyclic amines) is 1. The molecule has 0 spiro atoms. The second-order valence-corrected chi connectivity index (χ2v) is 5.35. The minimum absolute atomic E-state index is 0.678. The molecule has 18 heavy (non-hydrogen) atoms. The average Bonchev–Trinajstić information content (AvgIpc) is 2.81. The molecule has 0 aliphatic carbocycles. The molecule has 0 saturated carbocycles. The molecule has 1 aromatic rings. The van der Waals surface area contributed by atoms with Crippen LogP contribution in [0.4, 0.5) is 0 Å². The fraction of sp³-hybridized carbons (Fsp3) is 0.786. The van der Waals surface area contributed by atoms with E-state index in [-0.39, 0.29) is 0 Å². The summed E-state index contributed by atoms with van der Waals surface area (Å²) in [5.74, 6) is 0. The van der Waals surface area contributed by atoms with E-state index in [1.807, 2.05) is 12.5 Å². The Hall–Kier alpha value is -0.870. The van der Waals surface area contributed by atoms with Crippen molar-refractivity contribution in [3.63, 3.8) is 0 Å². The van der Waals surface area contributed by atoms with E-state index in [1.54, 1.807) is 0 Å². The van der Waals surface area contributed by atoms with Gasteiger partial charge in [-0.3, -0.25) is 0 Å². The van der Waals surface area contributed by atoms with Crippen LogP contribution in [0.15, 0.2) is 12.5 Å². The lowest BCUT2D eigenvalue weighted by Crippen LogP contribution is -2.42. The van der Waals surface area contributed by atoms with E-state index in [1.165, 1.54) is 51.0 Å². The van der Waals surface area contributed by atoms with Crippen LogP contribution in [0.5, 0.6) is 0 Å². The Morgan fingerprint density at radius 2 is 2.17 bits per heavy atom. The fourth-order valence-corrected chi connectivity index (χ4v) is 2.55. The lowest BCUT2D eigenvalue weighted by molar-refractivity contribution is 0.194. The maximum atomic E-state index is 4.15. The summed E-state index contributed by atoms with van der Waals surface area (Å²) < 4.78 is 2.09. The largest absolute Gasteiger partial charge is 0.337 e. The molecule has 4 nitrogen and oxygen atoms in total. The molecule has 0 bridgehead atoms. The van der Waals surface area contributed by atoms with Gasteiger partial charge < -0.3 is 14.8 Å². The summed E-state index contributed by atoms with van der Waals surface area (Å²) in [5.41, 5.74) is 1.27. The van der Waals surface area contributed by atoms with Gasteiger partial charge in [-0.05, 0) is 38.9 Å². The van der Waals surface area contributed by atoms with Gasteiger partial charge in [0.2, 0.25) is 0 Å². The van der Waals surface area contributed by atoms with E-state index < -0.39 is 0 Å². The van der Waals surface area contributed by atoms with Crippen molar-refractivity contribution in [2.24, 2.45) is 7.05 Å². The summed E-state index contributed by atoms with van der Waals surface area (Å²) in [6.45, 7) is 7.00. The van der Waals surface area contributed by atoms with Gasteiger partial charge in [0.15, 0.2) is 0 Å². The third-order valence-corrected chi connectivity index (χ3v) is 3.90. The van der Waals surface area contributed by atoms with E-state index in [9.17, 15) is 0 Å². The van der Waals surface area contributed by atoms with Crippen LogP contribution >= 0.6 is 0 Å². The Morgan fingerprint density at radius 1 is 1.39 bits per heavy atom. The first-order valence-corrected chi connectivity index (χ1v) is 7.20. The first kappa shape index (κ1) is 13.6. The zero-order chi connectivity index (χ0) is 12.8. The van der Waals surface area contributed by atoms with Gasteiger partial charge in [-0.2, -0.15) is 0 Å². The third kappa shape index (κ3) is 3.82. The van der Waals surface area contributed by atoms with Crippen molar-refractivity contribution in [1.29, 1.82) is 0 Å². The van der Waals surface area contributed by atoms with Crippen molar-refractivity contribution in [2.45, 2.75) is 45.2 Å². The fourth-order valence-electron chi connectivity index (χ4n) is 2.55. The van der Waals surface area contributed by atoms with Gasteiger partial charge in [0, 0.05) is 25.8 Å². The van der Waals surface area contributed by atoms with Crippen LogP contribution in [-0.2, 0) is 13.6 Å². The monoisotopic (exact) mass is 250 g/mol. The molecule has 0 radical (unpaired) electrons.